The maximum absolute atomic E-state index is 10.1. The molecule has 0 unspecified atom stereocenters. The van der Waals surface area contributed by atoms with Gasteiger partial charge in [0.25, 0.3) is 0 Å². The van der Waals surface area contributed by atoms with E-state index in [2.05, 4.69) is 9.98 Å². The van der Waals surface area contributed by atoms with Crippen LogP contribution in [0.15, 0.2) is 76.7 Å². The molecular formula is C21H18N2O2. The van der Waals surface area contributed by atoms with Crippen LogP contribution in [0.4, 0.5) is 11.4 Å². The molecule has 0 saturated heterocycles. The zero-order valence-corrected chi connectivity index (χ0v) is 13.8. The summed E-state index contributed by atoms with van der Waals surface area (Å²) in [6.45, 7) is 1.84. The number of aliphatic imine (C=N–C) groups is 2. The Morgan fingerprint density at radius 1 is 0.680 bits per heavy atom. The normalized spacial score (nSPS) is 11.4. The number of para-hydroxylation sites is 4. The average molecular weight is 330 g/mol. The summed E-state index contributed by atoms with van der Waals surface area (Å²) < 4.78 is 0. The van der Waals surface area contributed by atoms with E-state index in [0.717, 1.165) is 5.56 Å². The molecule has 0 fully saturated rings. The molecule has 0 aliphatic carbocycles. The summed E-state index contributed by atoms with van der Waals surface area (Å²) in [6.07, 6.45) is 3.23. The molecule has 0 aromatic heterocycles. The predicted molar refractivity (Wildman–Crippen MR) is 102 cm³/mol. The Morgan fingerprint density at radius 3 is 1.92 bits per heavy atom. The number of hydrogen-bond donors (Lipinski definition) is 2. The Balaban J connectivity index is 1.90. The third-order valence-electron chi connectivity index (χ3n) is 3.77. The van der Waals surface area contributed by atoms with Crippen LogP contribution in [-0.4, -0.2) is 22.6 Å². The van der Waals surface area contributed by atoms with E-state index in [4.69, 9.17) is 0 Å². The van der Waals surface area contributed by atoms with Crippen molar-refractivity contribution in [3.63, 3.8) is 0 Å². The van der Waals surface area contributed by atoms with Crippen molar-refractivity contribution < 1.29 is 10.2 Å². The minimum atomic E-state index is 0.178. The smallest absolute Gasteiger partial charge is 0.127 e. The third kappa shape index (κ3) is 3.93. The van der Waals surface area contributed by atoms with E-state index in [9.17, 15) is 10.2 Å². The van der Waals surface area contributed by atoms with Crippen LogP contribution in [0.3, 0.4) is 0 Å². The number of hydrogen-bond acceptors (Lipinski definition) is 4. The van der Waals surface area contributed by atoms with Crippen LogP contribution in [0, 0.1) is 6.92 Å². The predicted octanol–water partition coefficient (Wildman–Crippen LogP) is 4.91. The number of phenolic OH excluding ortho intramolecular Hbond substituents is 2. The summed E-state index contributed by atoms with van der Waals surface area (Å²) >= 11 is 0. The van der Waals surface area contributed by atoms with Crippen LogP contribution < -0.4 is 0 Å². The molecule has 0 radical (unpaired) electrons. The maximum Gasteiger partial charge on any atom is 0.127 e. The largest absolute Gasteiger partial charge is 0.507 e. The fraction of sp³-hybridized carbons (Fsp3) is 0.0476. The number of nitrogens with zero attached hydrogens (tertiary/aromatic N) is 2. The van der Waals surface area contributed by atoms with Crippen LogP contribution in [0.2, 0.25) is 0 Å². The van der Waals surface area contributed by atoms with E-state index in [0.29, 0.717) is 22.5 Å². The molecule has 0 bridgehead atoms. The van der Waals surface area contributed by atoms with Gasteiger partial charge in [-0.3, -0.25) is 9.98 Å². The zero-order chi connectivity index (χ0) is 17.6. The van der Waals surface area contributed by atoms with Gasteiger partial charge >= 0.3 is 0 Å². The summed E-state index contributed by atoms with van der Waals surface area (Å²) in [5, 5.41) is 19.9. The highest BCUT2D eigenvalue weighted by atomic mass is 16.3. The first-order valence-electron chi connectivity index (χ1n) is 7.89. The van der Waals surface area contributed by atoms with Crippen molar-refractivity contribution in [1.29, 1.82) is 0 Å². The number of aromatic hydroxyl groups is 2. The Hall–Kier alpha value is -3.40. The van der Waals surface area contributed by atoms with Gasteiger partial charge in [0.2, 0.25) is 0 Å². The van der Waals surface area contributed by atoms with Crippen molar-refractivity contribution >= 4 is 23.8 Å². The van der Waals surface area contributed by atoms with Crippen molar-refractivity contribution in [3.05, 3.63) is 83.4 Å². The van der Waals surface area contributed by atoms with Crippen molar-refractivity contribution in [2.45, 2.75) is 6.92 Å². The molecule has 0 aliphatic heterocycles. The first-order chi connectivity index (χ1) is 12.1. The minimum absolute atomic E-state index is 0.178. The molecule has 3 aromatic carbocycles. The van der Waals surface area contributed by atoms with Crippen LogP contribution in [0.5, 0.6) is 11.5 Å². The maximum atomic E-state index is 10.1. The first-order valence-corrected chi connectivity index (χ1v) is 7.89. The molecule has 0 amide bonds. The highest BCUT2D eigenvalue weighted by Gasteiger charge is 2.02. The Bertz CT molecular complexity index is 946. The van der Waals surface area contributed by atoms with Gasteiger partial charge in [-0.1, -0.05) is 36.4 Å². The van der Waals surface area contributed by atoms with Crippen molar-refractivity contribution in [2.24, 2.45) is 9.98 Å². The Morgan fingerprint density at radius 2 is 1.24 bits per heavy atom. The summed E-state index contributed by atoms with van der Waals surface area (Å²) in [5.74, 6) is 0.401. The summed E-state index contributed by atoms with van der Waals surface area (Å²) in [5.41, 5.74) is 3.44. The van der Waals surface area contributed by atoms with Gasteiger partial charge in [0.15, 0.2) is 0 Å². The highest BCUT2D eigenvalue weighted by molar-refractivity contribution is 5.89. The van der Waals surface area contributed by atoms with E-state index in [-0.39, 0.29) is 11.5 Å². The lowest BCUT2D eigenvalue weighted by atomic mass is 10.1. The highest BCUT2D eigenvalue weighted by Crippen LogP contribution is 2.28. The molecular weight excluding hydrogens is 312 g/mol. The van der Waals surface area contributed by atoms with Gasteiger partial charge in [-0.15, -0.1) is 0 Å². The van der Waals surface area contributed by atoms with Crippen molar-refractivity contribution in [3.8, 4) is 11.5 Å². The van der Waals surface area contributed by atoms with E-state index >= 15 is 0 Å². The van der Waals surface area contributed by atoms with E-state index in [1.165, 1.54) is 0 Å². The van der Waals surface area contributed by atoms with Gasteiger partial charge in [0.05, 0.1) is 11.4 Å². The van der Waals surface area contributed by atoms with Gasteiger partial charge in [-0.05, 0) is 42.8 Å². The van der Waals surface area contributed by atoms with Crippen LogP contribution in [0.25, 0.3) is 0 Å². The Labute approximate surface area is 146 Å². The van der Waals surface area contributed by atoms with Gasteiger partial charge in [-0.2, -0.15) is 0 Å². The lowest BCUT2D eigenvalue weighted by Crippen LogP contribution is -1.85. The SMILES string of the molecule is Cc1cccc(C=Nc2ccccc2N=Cc2ccccc2O)c1O. The summed E-state index contributed by atoms with van der Waals surface area (Å²) in [6, 6.07) is 20.0. The quantitative estimate of drug-likeness (QED) is 0.668. The summed E-state index contributed by atoms with van der Waals surface area (Å²) in [4.78, 5) is 8.88. The number of aryl methyl sites for hydroxylation is 1. The third-order valence-corrected chi connectivity index (χ3v) is 3.77. The van der Waals surface area contributed by atoms with E-state index in [1.54, 1.807) is 36.7 Å². The molecule has 0 spiro atoms. The molecule has 4 heteroatoms. The van der Waals surface area contributed by atoms with Crippen LogP contribution in [0.1, 0.15) is 16.7 Å². The molecule has 0 aliphatic rings. The second kappa shape index (κ2) is 7.45. The van der Waals surface area contributed by atoms with Gasteiger partial charge in [-0.25, -0.2) is 0 Å². The Kier molecular flexibility index (Phi) is 4.90. The van der Waals surface area contributed by atoms with Gasteiger partial charge in [0, 0.05) is 23.6 Å². The number of phenols is 2. The average Bonchev–Trinajstić information content (AvgIpc) is 2.63. The molecule has 25 heavy (non-hydrogen) atoms. The molecule has 0 saturated carbocycles. The standard InChI is InChI=1S/C21H18N2O2/c1-15-7-6-9-17(21(15)25)14-23-19-11-4-3-10-18(19)22-13-16-8-2-5-12-20(16)24/h2-14,24-25H,1H3. The second-order valence-electron chi connectivity index (χ2n) is 5.58. The first kappa shape index (κ1) is 16.5. The molecule has 0 atom stereocenters. The minimum Gasteiger partial charge on any atom is -0.507 e. The lowest BCUT2D eigenvalue weighted by molar-refractivity contribution is 0.470. The summed E-state index contributed by atoms with van der Waals surface area (Å²) in [7, 11) is 0. The molecule has 0 heterocycles. The molecule has 124 valence electrons. The molecule has 4 nitrogen and oxygen atoms in total. The van der Waals surface area contributed by atoms with Crippen molar-refractivity contribution in [2.75, 3.05) is 0 Å². The molecule has 3 aromatic rings. The number of rotatable bonds is 4. The van der Waals surface area contributed by atoms with Crippen molar-refractivity contribution in [1.82, 2.24) is 0 Å². The zero-order valence-electron chi connectivity index (χ0n) is 13.8. The topological polar surface area (TPSA) is 65.2 Å². The molecule has 2 N–H and O–H groups in total. The van der Waals surface area contributed by atoms with Gasteiger partial charge in [0.1, 0.15) is 11.5 Å². The van der Waals surface area contributed by atoms with Crippen LogP contribution >= 0.6 is 0 Å². The van der Waals surface area contributed by atoms with E-state index in [1.807, 2.05) is 49.4 Å². The van der Waals surface area contributed by atoms with E-state index < -0.39 is 0 Å². The molecule has 3 rings (SSSR count). The monoisotopic (exact) mass is 330 g/mol. The fourth-order valence-corrected chi connectivity index (χ4v) is 2.34. The fourth-order valence-electron chi connectivity index (χ4n) is 2.34. The van der Waals surface area contributed by atoms with Crippen LogP contribution in [-0.2, 0) is 0 Å². The second-order valence-corrected chi connectivity index (χ2v) is 5.58. The lowest BCUT2D eigenvalue weighted by Gasteiger charge is -2.03. The number of benzene rings is 3. The van der Waals surface area contributed by atoms with Gasteiger partial charge < -0.3 is 10.2 Å².